The standard InChI is InChI=1S/C17H16N2/c1-11-9-12(2)15-7-8-16(19-17(15)10-11)13-3-5-14(18)6-4-13/h3-10H,18H2,1-2H3. The molecule has 0 fully saturated rings. The van der Waals surface area contributed by atoms with Gasteiger partial charge in [0.15, 0.2) is 0 Å². The van der Waals surface area contributed by atoms with Gasteiger partial charge in [0, 0.05) is 16.6 Å². The number of aryl methyl sites for hydroxylation is 2. The van der Waals surface area contributed by atoms with Gasteiger partial charge in [0.05, 0.1) is 11.2 Å². The molecular formula is C17H16N2. The first-order valence-corrected chi connectivity index (χ1v) is 6.37. The summed E-state index contributed by atoms with van der Waals surface area (Å²) in [5, 5.41) is 1.21. The van der Waals surface area contributed by atoms with E-state index >= 15 is 0 Å². The van der Waals surface area contributed by atoms with E-state index in [1.165, 1.54) is 16.5 Å². The summed E-state index contributed by atoms with van der Waals surface area (Å²) in [6.07, 6.45) is 0. The molecule has 1 heterocycles. The van der Waals surface area contributed by atoms with Crippen molar-refractivity contribution in [3.63, 3.8) is 0 Å². The Labute approximate surface area is 112 Å². The summed E-state index contributed by atoms with van der Waals surface area (Å²) in [5.41, 5.74) is 12.1. The molecule has 0 radical (unpaired) electrons. The van der Waals surface area contributed by atoms with Crippen molar-refractivity contribution < 1.29 is 0 Å². The highest BCUT2D eigenvalue weighted by atomic mass is 14.7. The second-order valence-electron chi connectivity index (χ2n) is 4.97. The van der Waals surface area contributed by atoms with Crippen molar-refractivity contribution in [3.05, 3.63) is 59.7 Å². The number of fused-ring (bicyclic) bond motifs is 1. The van der Waals surface area contributed by atoms with E-state index in [0.717, 1.165) is 22.5 Å². The molecule has 3 aromatic rings. The lowest BCUT2D eigenvalue weighted by molar-refractivity contribution is 1.35. The van der Waals surface area contributed by atoms with Crippen LogP contribution in [0.3, 0.4) is 0 Å². The van der Waals surface area contributed by atoms with E-state index in [0.29, 0.717) is 0 Å². The highest BCUT2D eigenvalue weighted by Crippen LogP contribution is 2.24. The lowest BCUT2D eigenvalue weighted by atomic mass is 10.0. The van der Waals surface area contributed by atoms with Gasteiger partial charge in [-0.05, 0) is 49.2 Å². The molecule has 0 aliphatic carbocycles. The van der Waals surface area contributed by atoms with E-state index in [9.17, 15) is 0 Å². The van der Waals surface area contributed by atoms with Crippen LogP contribution >= 0.6 is 0 Å². The summed E-state index contributed by atoms with van der Waals surface area (Å²) in [6.45, 7) is 4.23. The van der Waals surface area contributed by atoms with Crippen LogP contribution in [-0.2, 0) is 0 Å². The van der Waals surface area contributed by atoms with Crippen molar-refractivity contribution >= 4 is 16.6 Å². The van der Waals surface area contributed by atoms with Crippen LogP contribution in [0.5, 0.6) is 0 Å². The van der Waals surface area contributed by atoms with Gasteiger partial charge in [0.2, 0.25) is 0 Å². The molecule has 2 nitrogen and oxygen atoms in total. The van der Waals surface area contributed by atoms with Crippen molar-refractivity contribution in [2.75, 3.05) is 5.73 Å². The first kappa shape index (κ1) is 11.7. The maximum atomic E-state index is 5.71. The molecule has 0 bridgehead atoms. The monoisotopic (exact) mass is 248 g/mol. The Morgan fingerprint density at radius 3 is 2.37 bits per heavy atom. The largest absolute Gasteiger partial charge is 0.399 e. The normalized spacial score (nSPS) is 10.8. The number of benzene rings is 2. The van der Waals surface area contributed by atoms with E-state index in [4.69, 9.17) is 10.7 Å². The first-order valence-electron chi connectivity index (χ1n) is 6.37. The molecule has 0 unspecified atom stereocenters. The smallest absolute Gasteiger partial charge is 0.0714 e. The minimum Gasteiger partial charge on any atom is -0.399 e. The third-order valence-electron chi connectivity index (χ3n) is 3.36. The van der Waals surface area contributed by atoms with Crippen LogP contribution in [0.2, 0.25) is 0 Å². The summed E-state index contributed by atoms with van der Waals surface area (Å²) in [5.74, 6) is 0. The SMILES string of the molecule is Cc1cc(C)c2ccc(-c3ccc(N)cc3)nc2c1. The Bertz CT molecular complexity index is 743. The molecule has 0 aliphatic rings. The Balaban J connectivity index is 2.18. The molecule has 2 aromatic carbocycles. The predicted molar refractivity (Wildman–Crippen MR) is 81.1 cm³/mol. The third-order valence-corrected chi connectivity index (χ3v) is 3.36. The van der Waals surface area contributed by atoms with E-state index in [1.807, 2.05) is 24.3 Å². The Kier molecular flexibility index (Phi) is 2.71. The number of rotatable bonds is 1. The van der Waals surface area contributed by atoms with Crippen molar-refractivity contribution in [3.8, 4) is 11.3 Å². The zero-order valence-electron chi connectivity index (χ0n) is 11.1. The molecule has 0 amide bonds. The Morgan fingerprint density at radius 1 is 0.895 bits per heavy atom. The predicted octanol–water partition coefficient (Wildman–Crippen LogP) is 4.10. The minimum absolute atomic E-state index is 0.774. The summed E-state index contributed by atoms with van der Waals surface area (Å²) in [7, 11) is 0. The van der Waals surface area contributed by atoms with Gasteiger partial charge in [-0.3, -0.25) is 0 Å². The number of hydrogen-bond acceptors (Lipinski definition) is 2. The molecule has 3 rings (SSSR count). The molecule has 0 saturated heterocycles. The summed E-state index contributed by atoms with van der Waals surface area (Å²) in [4.78, 5) is 4.76. The van der Waals surface area contributed by atoms with Gasteiger partial charge in [-0.1, -0.05) is 24.3 Å². The van der Waals surface area contributed by atoms with Crippen LogP contribution in [0.4, 0.5) is 5.69 Å². The number of nitrogen functional groups attached to an aromatic ring is 1. The third kappa shape index (κ3) is 2.17. The van der Waals surface area contributed by atoms with Gasteiger partial charge in [-0.15, -0.1) is 0 Å². The Morgan fingerprint density at radius 2 is 1.63 bits per heavy atom. The average Bonchev–Trinajstić information content (AvgIpc) is 2.38. The number of anilines is 1. The summed E-state index contributed by atoms with van der Waals surface area (Å²) >= 11 is 0. The number of hydrogen-bond donors (Lipinski definition) is 1. The molecule has 0 spiro atoms. The highest BCUT2D eigenvalue weighted by molar-refractivity contribution is 5.85. The van der Waals surface area contributed by atoms with E-state index < -0.39 is 0 Å². The molecule has 0 atom stereocenters. The first-order chi connectivity index (χ1) is 9.13. The van der Waals surface area contributed by atoms with Crippen molar-refractivity contribution in [1.82, 2.24) is 4.98 Å². The minimum atomic E-state index is 0.774. The average molecular weight is 248 g/mol. The van der Waals surface area contributed by atoms with Crippen LogP contribution in [0.25, 0.3) is 22.2 Å². The zero-order chi connectivity index (χ0) is 13.4. The topological polar surface area (TPSA) is 38.9 Å². The van der Waals surface area contributed by atoms with Crippen LogP contribution in [0.15, 0.2) is 48.5 Å². The fraction of sp³-hybridized carbons (Fsp3) is 0.118. The van der Waals surface area contributed by atoms with E-state index in [1.54, 1.807) is 0 Å². The van der Waals surface area contributed by atoms with Crippen LogP contribution in [0.1, 0.15) is 11.1 Å². The fourth-order valence-corrected chi connectivity index (χ4v) is 2.41. The van der Waals surface area contributed by atoms with Gasteiger partial charge in [0.25, 0.3) is 0 Å². The van der Waals surface area contributed by atoms with Crippen LogP contribution in [0, 0.1) is 13.8 Å². The van der Waals surface area contributed by atoms with Gasteiger partial charge in [0.1, 0.15) is 0 Å². The highest BCUT2D eigenvalue weighted by Gasteiger charge is 2.04. The molecule has 1 aromatic heterocycles. The maximum Gasteiger partial charge on any atom is 0.0714 e. The molecule has 2 heteroatoms. The maximum absolute atomic E-state index is 5.71. The van der Waals surface area contributed by atoms with Gasteiger partial charge in [-0.25, -0.2) is 4.98 Å². The molecular weight excluding hydrogens is 232 g/mol. The lowest BCUT2D eigenvalue weighted by Crippen LogP contribution is -1.89. The van der Waals surface area contributed by atoms with E-state index in [2.05, 4.69) is 38.1 Å². The fourth-order valence-electron chi connectivity index (χ4n) is 2.41. The summed E-state index contributed by atoms with van der Waals surface area (Å²) < 4.78 is 0. The second kappa shape index (κ2) is 4.39. The number of aromatic nitrogens is 1. The lowest BCUT2D eigenvalue weighted by Gasteiger charge is -2.07. The molecule has 0 aliphatic heterocycles. The number of nitrogens with two attached hydrogens (primary N) is 1. The molecule has 94 valence electrons. The number of pyridine rings is 1. The van der Waals surface area contributed by atoms with E-state index in [-0.39, 0.29) is 0 Å². The molecule has 19 heavy (non-hydrogen) atoms. The number of nitrogens with zero attached hydrogens (tertiary/aromatic N) is 1. The molecule has 0 saturated carbocycles. The van der Waals surface area contributed by atoms with Crippen molar-refractivity contribution in [2.24, 2.45) is 0 Å². The van der Waals surface area contributed by atoms with Crippen LogP contribution in [-0.4, -0.2) is 4.98 Å². The van der Waals surface area contributed by atoms with Crippen molar-refractivity contribution in [1.29, 1.82) is 0 Å². The Hall–Kier alpha value is -2.35. The van der Waals surface area contributed by atoms with Gasteiger partial charge in [-0.2, -0.15) is 0 Å². The van der Waals surface area contributed by atoms with Gasteiger partial charge < -0.3 is 5.73 Å². The second-order valence-corrected chi connectivity index (χ2v) is 4.97. The van der Waals surface area contributed by atoms with Crippen LogP contribution < -0.4 is 5.73 Å². The zero-order valence-corrected chi connectivity index (χ0v) is 11.1. The van der Waals surface area contributed by atoms with Crippen molar-refractivity contribution in [2.45, 2.75) is 13.8 Å². The quantitative estimate of drug-likeness (QED) is 0.658. The molecule has 2 N–H and O–H groups in total. The summed E-state index contributed by atoms with van der Waals surface area (Å²) in [6, 6.07) is 16.3. The van der Waals surface area contributed by atoms with Gasteiger partial charge >= 0.3 is 0 Å².